The van der Waals surface area contributed by atoms with Crippen molar-refractivity contribution in [1.82, 2.24) is 4.90 Å². The fraction of sp³-hybridized carbons (Fsp3) is 0.895. The Morgan fingerprint density at radius 2 is 1.87 bits per heavy atom. The van der Waals surface area contributed by atoms with Crippen LogP contribution in [0.5, 0.6) is 0 Å². The van der Waals surface area contributed by atoms with E-state index in [1.165, 1.54) is 37.0 Å². The highest BCUT2D eigenvalue weighted by Gasteiger charge is 2.35. The highest BCUT2D eigenvalue weighted by molar-refractivity contribution is 8.00. The Labute approximate surface area is 147 Å². The molecular formula is C19H35NO2S. The Balaban J connectivity index is 2.21. The van der Waals surface area contributed by atoms with Gasteiger partial charge in [-0.25, -0.2) is 0 Å². The van der Waals surface area contributed by atoms with Gasteiger partial charge in [0.1, 0.15) is 0 Å². The number of amides is 2. The lowest BCUT2D eigenvalue weighted by Crippen LogP contribution is -2.26. The van der Waals surface area contributed by atoms with Crippen LogP contribution in [0, 0.1) is 17.8 Å². The zero-order chi connectivity index (χ0) is 17.4. The van der Waals surface area contributed by atoms with E-state index in [1.54, 1.807) is 18.8 Å². The summed E-state index contributed by atoms with van der Waals surface area (Å²) in [6, 6.07) is 0. The maximum atomic E-state index is 11.8. The molecule has 1 heterocycles. The van der Waals surface area contributed by atoms with E-state index in [-0.39, 0.29) is 17.1 Å². The van der Waals surface area contributed by atoms with E-state index < -0.39 is 0 Å². The summed E-state index contributed by atoms with van der Waals surface area (Å²) < 4.78 is 0. The molecule has 1 aliphatic heterocycles. The SMILES string of the molecule is CCCC(C)CC(CCCCSC1CC(=O)N(C)C1=O)C(C)C. The van der Waals surface area contributed by atoms with Crippen molar-refractivity contribution in [3.8, 4) is 0 Å². The van der Waals surface area contributed by atoms with Gasteiger partial charge in [0.05, 0.1) is 5.25 Å². The Hall–Kier alpha value is -0.510. The molecule has 23 heavy (non-hydrogen) atoms. The lowest BCUT2D eigenvalue weighted by Gasteiger charge is -2.24. The first-order valence-corrected chi connectivity index (χ1v) is 10.3. The molecule has 0 radical (unpaired) electrons. The normalized spacial score (nSPS) is 21.3. The fourth-order valence-corrected chi connectivity index (χ4v) is 4.65. The topological polar surface area (TPSA) is 37.4 Å². The van der Waals surface area contributed by atoms with E-state index in [2.05, 4.69) is 27.7 Å². The summed E-state index contributed by atoms with van der Waals surface area (Å²) in [7, 11) is 1.59. The molecule has 4 heteroatoms. The van der Waals surface area contributed by atoms with Crippen molar-refractivity contribution in [3.05, 3.63) is 0 Å². The minimum atomic E-state index is -0.127. The fourth-order valence-electron chi connectivity index (χ4n) is 3.44. The highest BCUT2D eigenvalue weighted by Crippen LogP contribution is 2.29. The van der Waals surface area contributed by atoms with Gasteiger partial charge in [-0.3, -0.25) is 14.5 Å². The van der Waals surface area contributed by atoms with Crippen molar-refractivity contribution < 1.29 is 9.59 Å². The first-order chi connectivity index (χ1) is 10.9. The van der Waals surface area contributed by atoms with E-state index >= 15 is 0 Å². The predicted molar refractivity (Wildman–Crippen MR) is 99.5 cm³/mol. The summed E-state index contributed by atoms with van der Waals surface area (Å²) >= 11 is 1.67. The average molecular weight is 342 g/mol. The number of rotatable bonds is 11. The number of carbonyl (C=O) groups is 2. The van der Waals surface area contributed by atoms with Crippen molar-refractivity contribution in [2.45, 2.75) is 77.9 Å². The smallest absolute Gasteiger partial charge is 0.242 e. The monoisotopic (exact) mass is 341 g/mol. The van der Waals surface area contributed by atoms with Crippen LogP contribution >= 0.6 is 11.8 Å². The van der Waals surface area contributed by atoms with Gasteiger partial charge >= 0.3 is 0 Å². The molecule has 3 atom stereocenters. The number of likely N-dealkylation sites (tertiary alicyclic amines) is 1. The summed E-state index contributed by atoms with van der Waals surface area (Å²) in [5, 5.41) is -0.127. The van der Waals surface area contributed by atoms with Crippen LogP contribution in [0.3, 0.4) is 0 Å². The molecule has 0 aromatic rings. The standard InChI is InChI=1S/C19H35NO2S/c1-6-9-15(4)12-16(14(2)3)10-7-8-11-23-17-13-18(21)20(5)19(17)22/h14-17H,6-13H2,1-5H3. The lowest BCUT2D eigenvalue weighted by molar-refractivity contribution is -0.136. The molecule has 0 aromatic heterocycles. The van der Waals surface area contributed by atoms with E-state index in [0.717, 1.165) is 29.9 Å². The van der Waals surface area contributed by atoms with Crippen molar-refractivity contribution in [2.24, 2.45) is 17.8 Å². The molecule has 0 spiro atoms. The van der Waals surface area contributed by atoms with Gasteiger partial charge in [-0.1, -0.05) is 53.4 Å². The van der Waals surface area contributed by atoms with Crippen molar-refractivity contribution >= 4 is 23.6 Å². The molecule has 1 fully saturated rings. The predicted octanol–water partition coefficient (Wildman–Crippen LogP) is 4.75. The summed E-state index contributed by atoms with van der Waals surface area (Å²) in [6.07, 6.45) is 8.04. The van der Waals surface area contributed by atoms with Gasteiger partial charge in [0.2, 0.25) is 11.8 Å². The number of carbonyl (C=O) groups excluding carboxylic acids is 2. The Bertz CT molecular complexity index is 384. The Kier molecular flexibility index (Phi) is 9.26. The molecule has 1 saturated heterocycles. The summed E-state index contributed by atoms with van der Waals surface area (Å²) in [6.45, 7) is 9.34. The quantitative estimate of drug-likeness (QED) is 0.402. The molecule has 0 bridgehead atoms. The molecule has 3 unspecified atom stereocenters. The number of unbranched alkanes of at least 4 members (excludes halogenated alkanes) is 1. The minimum Gasteiger partial charge on any atom is -0.285 e. The lowest BCUT2D eigenvalue weighted by atomic mass is 9.82. The van der Waals surface area contributed by atoms with Crippen LogP contribution < -0.4 is 0 Å². The van der Waals surface area contributed by atoms with E-state index in [1.807, 2.05) is 0 Å². The summed E-state index contributed by atoms with van der Waals surface area (Å²) in [5.74, 6) is 3.37. The van der Waals surface area contributed by atoms with Gasteiger partial charge in [0.25, 0.3) is 0 Å². The zero-order valence-corrected chi connectivity index (χ0v) is 16.5. The van der Waals surface area contributed by atoms with E-state index in [0.29, 0.717) is 6.42 Å². The van der Waals surface area contributed by atoms with Crippen LogP contribution in [0.25, 0.3) is 0 Å². The Morgan fingerprint density at radius 3 is 2.39 bits per heavy atom. The van der Waals surface area contributed by atoms with Gasteiger partial charge in [-0.05, 0) is 36.3 Å². The van der Waals surface area contributed by atoms with Gasteiger partial charge in [0, 0.05) is 13.5 Å². The minimum absolute atomic E-state index is 0.00607. The van der Waals surface area contributed by atoms with Crippen LogP contribution in [-0.4, -0.2) is 34.8 Å². The molecule has 0 N–H and O–H groups in total. The first kappa shape index (κ1) is 20.5. The third-order valence-corrected chi connectivity index (χ3v) is 6.35. The molecule has 134 valence electrons. The number of hydrogen-bond donors (Lipinski definition) is 0. The molecule has 3 nitrogen and oxygen atoms in total. The van der Waals surface area contributed by atoms with Crippen LogP contribution in [0.1, 0.15) is 72.6 Å². The van der Waals surface area contributed by atoms with Crippen molar-refractivity contribution in [1.29, 1.82) is 0 Å². The highest BCUT2D eigenvalue weighted by atomic mass is 32.2. The van der Waals surface area contributed by atoms with Crippen LogP contribution in [0.15, 0.2) is 0 Å². The van der Waals surface area contributed by atoms with Crippen LogP contribution in [0.4, 0.5) is 0 Å². The van der Waals surface area contributed by atoms with Gasteiger partial charge < -0.3 is 0 Å². The van der Waals surface area contributed by atoms with E-state index in [4.69, 9.17) is 0 Å². The molecule has 0 saturated carbocycles. The van der Waals surface area contributed by atoms with Gasteiger partial charge in [-0.15, -0.1) is 11.8 Å². The second-order valence-corrected chi connectivity index (χ2v) is 8.79. The zero-order valence-electron chi connectivity index (χ0n) is 15.6. The number of imide groups is 1. The third-order valence-electron chi connectivity index (χ3n) is 5.06. The van der Waals surface area contributed by atoms with Crippen molar-refractivity contribution in [2.75, 3.05) is 12.8 Å². The van der Waals surface area contributed by atoms with Crippen molar-refractivity contribution in [3.63, 3.8) is 0 Å². The summed E-state index contributed by atoms with van der Waals surface area (Å²) in [4.78, 5) is 24.6. The first-order valence-electron chi connectivity index (χ1n) is 9.28. The maximum absolute atomic E-state index is 11.8. The van der Waals surface area contributed by atoms with Crippen LogP contribution in [-0.2, 0) is 9.59 Å². The van der Waals surface area contributed by atoms with Crippen LogP contribution in [0.2, 0.25) is 0 Å². The number of hydrogen-bond acceptors (Lipinski definition) is 3. The molecular weight excluding hydrogens is 306 g/mol. The van der Waals surface area contributed by atoms with Gasteiger partial charge in [-0.2, -0.15) is 0 Å². The molecule has 1 aliphatic rings. The van der Waals surface area contributed by atoms with Gasteiger partial charge in [0.15, 0.2) is 0 Å². The maximum Gasteiger partial charge on any atom is 0.242 e. The number of thioether (sulfide) groups is 1. The molecule has 2 amide bonds. The third kappa shape index (κ3) is 6.86. The molecule has 0 aliphatic carbocycles. The van der Waals surface area contributed by atoms with E-state index in [9.17, 15) is 9.59 Å². The average Bonchev–Trinajstić information content (AvgIpc) is 2.73. The second kappa shape index (κ2) is 10.4. The second-order valence-electron chi connectivity index (χ2n) is 7.48. The molecule has 0 aromatic carbocycles. The summed E-state index contributed by atoms with van der Waals surface area (Å²) in [5.41, 5.74) is 0. The Morgan fingerprint density at radius 1 is 1.17 bits per heavy atom. The largest absolute Gasteiger partial charge is 0.285 e. The number of nitrogens with zero attached hydrogens (tertiary/aromatic N) is 1. The molecule has 1 rings (SSSR count).